The van der Waals surface area contributed by atoms with Crippen molar-refractivity contribution in [1.29, 1.82) is 0 Å². The van der Waals surface area contributed by atoms with Crippen LogP contribution in [0.2, 0.25) is 0 Å². The molecular formula is C8H12N2O3. The van der Waals surface area contributed by atoms with Crippen molar-refractivity contribution in [2.24, 2.45) is 0 Å². The molecule has 0 aromatic carbocycles. The molecule has 0 radical (unpaired) electrons. The first-order valence-corrected chi connectivity index (χ1v) is 3.98. The molecule has 1 aromatic rings. The SMILES string of the molecule is Cc1cc(C(=O)NC(C)CO)no1. The lowest BCUT2D eigenvalue weighted by Crippen LogP contribution is -2.35. The highest BCUT2D eigenvalue weighted by molar-refractivity contribution is 5.92. The van der Waals surface area contributed by atoms with Crippen molar-refractivity contribution in [1.82, 2.24) is 10.5 Å². The van der Waals surface area contributed by atoms with Gasteiger partial charge in [0.2, 0.25) is 0 Å². The standard InChI is InChI=1S/C8H12N2O3/c1-5(4-11)9-8(12)7-3-6(2)13-10-7/h3,5,11H,4H2,1-2H3,(H,9,12). The lowest BCUT2D eigenvalue weighted by Gasteiger charge is -2.07. The van der Waals surface area contributed by atoms with E-state index in [1.165, 1.54) is 0 Å². The fraction of sp³-hybridized carbons (Fsp3) is 0.500. The molecule has 0 aliphatic carbocycles. The van der Waals surface area contributed by atoms with Crippen LogP contribution in [0.4, 0.5) is 0 Å². The number of carbonyl (C=O) groups is 1. The van der Waals surface area contributed by atoms with E-state index in [2.05, 4.69) is 10.5 Å². The molecule has 0 aliphatic rings. The maximum atomic E-state index is 11.3. The average Bonchev–Trinajstić information content (AvgIpc) is 2.51. The third-order valence-corrected chi connectivity index (χ3v) is 1.51. The molecule has 5 nitrogen and oxygen atoms in total. The summed E-state index contributed by atoms with van der Waals surface area (Å²) >= 11 is 0. The molecule has 1 aromatic heterocycles. The number of hydrogen-bond acceptors (Lipinski definition) is 4. The molecule has 1 heterocycles. The summed E-state index contributed by atoms with van der Waals surface area (Å²) in [6, 6.07) is 1.27. The highest BCUT2D eigenvalue weighted by atomic mass is 16.5. The molecule has 0 bridgehead atoms. The quantitative estimate of drug-likeness (QED) is 0.698. The number of carbonyl (C=O) groups excluding carboxylic acids is 1. The van der Waals surface area contributed by atoms with Crippen LogP contribution in [0.1, 0.15) is 23.2 Å². The van der Waals surface area contributed by atoms with Gasteiger partial charge in [-0.3, -0.25) is 4.79 Å². The molecule has 2 N–H and O–H groups in total. The molecule has 0 spiro atoms. The molecular weight excluding hydrogens is 172 g/mol. The fourth-order valence-electron chi connectivity index (χ4n) is 0.817. The van der Waals surface area contributed by atoms with Crippen LogP contribution >= 0.6 is 0 Å². The van der Waals surface area contributed by atoms with Gasteiger partial charge in [-0.25, -0.2) is 0 Å². The van der Waals surface area contributed by atoms with Gasteiger partial charge in [0.1, 0.15) is 5.76 Å². The number of hydrogen-bond donors (Lipinski definition) is 2. The summed E-state index contributed by atoms with van der Waals surface area (Å²) in [5.74, 6) is 0.250. The van der Waals surface area contributed by atoms with Crippen molar-refractivity contribution in [3.8, 4) is 0 Å². The lowest BCUT2D eigenvalue weighted by atomic mass is 10.3. The highest BCUT2D eigenvalue weighted by Crippen LogP contribution is 2.01. The zero-order valence-corrected chi connectivity index (χ0v) is 7.57. The number of aryl methyl sites for hydroxylation is 1. The number of amides is 1. The number of nitrogens with one attached hydrogen (secondary N) is 1. The minimum Gasteiger partial charge on any atom is -0.394 e. The normalized spacial score (nSPS) is 12.5. The third-order valence-electron chi connectivity index (χ3n) is 1.51. The van der Waals surface area contributed by atoms with Crippen molar-refractivity contribution >= 4 is 5.91 Å². The summed E-state index contributed by atoms with van der Waals surface area (Å²) in [5, 5.41) is 14.8. The van der Waals surface area contributed by atoms with Gasteiger partial charge in [0, 0.05) is 12.1 Å². The van der Waals surface area contributed by atoms with E-state index in [9.17, 15) is 4.79 Å². The van der Waals surface area contributed by atoms with Crippen molar-refractivity contribution in [3.63, 3.8) is 0 Å². The van der Waals surface area contributed by atoms with Crippen LogP contribution in [0.15, 0.2) is 10.6 Å². The van der Waals surface area contributed by atoms with E-state index in [-0.39, 0.29) is 24.2 Å². The van der Waals surface area contributed by atoms with Gasteiger partial charge in [0.05, 0.1) is 6.61 Å². The Morgan fingerprint density at radius 2 is 2.54 bits per heavy atom. The van der Waals surface area contributed by atoms with Gasteiger partial charge in [0.15, 0.2) is 5.69 Å². The number of aliphatic hydroxyl groups excluding tert-OH is 1. The molecule has 0 aliphatic heterocycles. The Morgan fingerprint density at radius 3 is 3.00 bits per heavy atom. The van der Waals surface area contributed by atoms with Crippen LogP contribution in [0.3, 0.4) is 0 Å². The van der Waals surface area contributed by atoms with E-state index >= 15 is 0 Å². The minimum absolute atomic E-state index is 0.0947. The smallest absolute Gasteiger partial charge is 0.273 e. The molecule has 5 heteroatoms. The second-order valence-electron chi connectivity index (χ2n) is 2.88. The second kappa shape index (κ2) is 4.04. The van der Waals surface area contributed by atoms with E-state index < -0.39 is 0 Å². The number of nitrogens with zero attached hydrogens (tertiary/aromatic N) is 1. The van der Waals surface area contributed by atoms with E-state index in [1.54, 1.807) is 19.9 Å². The summed E-state index contributed by atoms with van der Waals surface area (Å²) < 4.78 is 4.73. The molecule has 13 heavy (non-hydrogen) atoms. The van der Waals surface area contributed by atoms with Gasteiger partial charge in [-0.2, -0.15) is 0 Å². The van der Waals surface area contributed by atoms with Crippen LogP contribution in [-0.2, 0) is 0 Å². The Morgan fingerprint density at radius 1 is 1.85 bits per heavy atom. The molecule has 0 saturated carbocycles. The molecule has 1 unspecified atom stereocenters. The number of aromatic nitrogens is 1. The summed E-state index contributed by atoms with van der Waals surface area (Å²) in [5.41, 5.74) is 0.234. The largest absolute Gasteiger partial charge is 0.394 e. The highest BCUT2D eigenvalue weighted by Gasteiger charge is 2.12. The zero-order chi connectivity index (χ0) is 9.84. The molecule has 1 rings (SSSR count). The van der Waals surface area contributed by atoms with Crippen molar-refractivity contribution in [2.75, 3.05) is 6.61 Å². The van der Waals surface area contributed by atoms with Crippen molar-refractivity contribution in [3.05, 3.63) is 17.5 Å². The van der Waals surface area contributed by atoms with Crippen LogP contribution in [0, 0.1) is 6.92 Å². The predicted molar refractivity (Wildman–Crippen MR) is 45.3 cm³/mol. The maximum Gasteiger partial charge on any atom is 0.273 e. The third kappa shape index (κ3) is 2.55. The van der Waals surface area contributed by atoms with Gasteiger partial charge in [0.25, 0.3) is 5.91 Å². The summed E-state index contributed by atoms with van der Waals surface area (Å²) in [6.07, 6.45) is 0. The van der Waals surface area contributed by atoms with Gasteiger partial charge in [-0.1, -0.05) is 5.16 Å². The topological polar surface area (TPSA) is 75.4 Å². The first kappa shape index (κ1) is 9.73. The summed E-state index contributed by atoms with van der Waals surface area (Å²) in [4.78, 5) is 11.3. The predicted octanol–water partition coefficient (Wildman–Crippen LogP) is 0.0936. The van der Waals surface area contributed by atoms with Gasteiger partial charge in [-0.05, 0) is 13.8 Å². The van der Waals surface area contributed by atoms with Crippen molar-refractivity contribution in [2.45, 2.75) is 19.9 Å². The van der Waals surface area contributed by atoms with E-state index in [0.29, 0.717) is 5.76 Å². The van der Waals surface area contributed by atoms with Gasteiger partial charge < -0.3 is 14.9 Å². The lowest BCUT2D eigenvalue weighted by molar-refractivity contribution is 0.0913. The Labute approximate surface area is 75.7 Å². The second-order valence-corrected chi connectivity index (χ2v) is 2.88. The Bertz CT molecular complexity index is 295. The van der Waals surface area contributed by atoms with Crippen LogP contribution < -0.4 is 5.32 Å². The first-order valence-electron chi connectivity index (χ1n) is 3.98. The molecule has 0 fully saturated rings. The Hall–Kier alpha value is -1.36. The summed E-state index contributed by atoms with van der Waals surface area (Å²) in [6.45, 7) is 3.31. The van der Waals surface area contributed by atoms with Crippen molar-refractivity contribution < 1.29 is 14.4 Å². The van der Waals surface area contributed by atoms with Gasteiger partial charge >= 0.3 is 0 Å². The van der Waals surface area contributed by atoms with Crippen LogP contribution in [0.25, 0.3) is 0 Å². The molecule has 72 valence electrons. The maximum absolute atomic E-state index is 11.3. The summed E-state index contributed by atoms with van der Waals surface area (Å²) in [7, 11) is 0. The average molecular weight is 184 g/mol. The molecule has 1 amide bonds. The minimum atomic E-state index is -0.335. The number of aliphatic hydroxyl groups is 1. The number of rotatable bonds is 3. The fourth-order valence-corrected chi connectivity index (χ4v) is 0.817. The van der Waals surface area contributed by atoms with E-state index in [1.807, 2.05) is 0 Å². The Kier molecular flexibility index (Phi) is 3.02. The molecule has 1 atom stereocenters. The monoisotopic (exact) mass is 184 g/mol. The first-order chi connectivity index (χ1) is 6.13. The van der Waals surface area contributed by atoms with Gasteiger partial charge in [-0.15, -0.1) is 0 Å². The van der Waals surface area contributed by atoms with Crippen LogP contribution in [-0.4, -0.2) is 28.8 Å². The van der Waals surface area contributed by atoms with Crippen LogP contribution in [0.5, 0.6) is 0 Å². The Balaban J connectivity index is 2.58. The van der Waals surface area contributed by atoms with E-state index in [0.717, 1.165) is 0 Å². The van der Waals surface area contributed by atoms with E-state index in [4.69, 9.17) is 9.63 Å². The zero-order valence-electron chi connectivity index (χ0n) is 7.57. The molecule has 0 saturated heterocycles.